The van der Waals surface area contributed by atoms with E-state index in [1.165, 1.54) is 56.2 Å². The molecule has 2 saturated heterocycles. The number of aryl methyl sites for hydroxylation is 1. The van der Waals surface area contributed by atoms with E-state index in [0.717, 1.165) is 18.5 Å². The van der Waals surface area contributed by atoms with Gasteiger partial charge in [0.15, 0.2) is 0 Å². The monoisotopic (exact) mass is 363 g/mol. The first-order valence-electron chi connectivity index (χ1n) is 10.8. The van der Waals surface area contributed by atoms with Crippen molar-refractivity contribution in [2.75, 3.05) is 6.54 Å². The molecule has 2 bridgehead atoms. The molecular formula is C25H33NO. The van der Waals surface area contributed by atoms with Crippen LogP contribution in [0.1, 0.15) is 62.7 Å². The molecule has 0 N–H and O–H groups in total. The summed E-state index contributed by atoms with van der Waals surface area (Å²) in [5, 5.41) is 0. The highest BCUT2D eigenvalue weighted by Gasteiger charge is 2.41. The minimum absolute atomic E-state index is 0.250. The van der Waals surface area contributed by atoms with Crippen molar-refractivity contribution in [2.24, 2.45) is 0 Å². The lowest BCUT2D eigenvalue weighted by atomic mass is 9.98. The van der Waals surface area contributed by atoms with E-state index in [1.807, 2.05) is 0 Å². The van der Waals surface area contributed by atoms with Gasteiger partial charge in [0.05, 0.1) is 12.2 Å². The van der Waals surface area contributed by atoms with E-state index in [-0.39, 0.29) is 6.10 Å². The maximum absolute atomic E-state index is 6.60. The zero-order valence-electron chi connectivity index (χ0n) is 16.6. The van der Waals surface area contributed by atoms with E-state index >= 15 is 0 Å². The van der Waals surface area contributed by atoms with Crippen LogP contribution in [0.5, 0.6) is 0 Å². The molecule has 2 nitrogen and oxygen atoms in total. The standard InChI is InChI=1S/C25H33NO/c1-2-25(21-13-7-4-8-14-21)27-24-18-22-15-16-23(19-24)26(22)17-9-12-20-10-5-3-6-11-20/h3-8,10-11,13-14,22-25H,2,9,12,15-19H2,1H3/t22-,23+,24?,25?. The molecule has 2 fully saturated rings. The smallest absolute Gasteiger partial charge is 0.0826 e. The van der Waals surface area contributed by atoms with Gasteiger partial charge >= 0.3 is 0 Å². The fraction of sp³-hybridized carbons (Fsp3) is 0.520. The summed E-state index contributed by atoms with van der Waals surface area (Å²) in [6.45, 7) is 3.48. The molecule has 0 saturated carbocycles. The topological polar surface area (TPSA) is 12.5 Å². The summed E-state index contributed by atoms with van der Waals surface area (Å²) >= 11 is 0. The fourth-order valence-electron chi connectivity index (χ4n) is 5.12. The number of nitrogens with zero attached hydrogens (tertiary/aromatic N) is 1. The Kier molecular flexibility index (Phi) is 6.26. The van der Waals surface area contributed by atoms with Gasteiger partial charge in [-0.3, -0.25) is 4.90 Å². The molecule has 144 valence electrons. The number of fused-ring (bicyclic) bond motifs is 2. The maximum Gasteiger partial charge on any atom is 0.0826 e. The van der Waals surface area contributed by atoms with Crippen LogP contribution in [-0.2, 0) is 11.2 Å². The van der Waals surface area contributed by atoms with E-state index in [1.54, 1.807) is 0 Å². The first kappa shape index (κ1) is 18.7. The van der Waals surface area contributed by atoms with Gasteiger partial charge in [-0.1, -0.05) is 67.6 Å². The van der Waals surface area contributed by atoms with Crippen LogP contribution in [0.2, 0.25) is 0 Å². The van der Waals surface area contributed by atoms with Gasteiger partial charge in [0.1, 0.15) is 0 Å². The van der Waals surface area contributed by atoms with E-state index in [9.17, 15) is 0 Å². The van der Waals surface area contributed by atoms with Gasteiger partial charge in [-0.15, -0.1) is 0 Å². The van der Waals surface area contributed by atoms with Gasteiger partial charge in [-0.25, -0.2) is 0 Å². The molecule has 2 heteroatoms. The molecule has 2 aromatic rings. The van der Waals surface area contributed by atoms with E-state index in [0.29, 0.717) is 6.10 Å². The van der Waals surface area contributed by atoms with Crippen molar-refractivity contribution in [1.82, 2.24) is 4.90 Å². The van der Waals surface area contributed by atoms with E-state index < -0.39 is 0 Å². The van der Waals surface area contributed by atoms with Crippen molar-refractivity contribution in [3.8, 4) is 0 Å². The largest absolute Gasteiger partial charge is 0.370 e. The van der Waals surface area contributed by atoms with Gasteiger partial charge in [-0.05, 0) is 62.6 Å². The predicted molar refractivity (Wildman–Crippen MR) is 112 cm³/mol. The quantitative estimate of drug-likeness (QED) is 0.589. The molecule has 0 radical (unpaired) electrons. The second kappa shape index (κ2) is 9.03. The second-order valence-electron chi connectivity index (χ2n) is 8.25. The number of ether oxygens (including phenoxy) is 1. The van der Waals surface area contributed by atoms with Crippen LogP contribution in [-0.4, -0.2) is 29.6 Å². The summed E-state index contributed by atoms with van der Waals surface area (Å²) in [4.78, 5) is 2.80. The van der Waals surface area contributed by atoms with Crippen molar-refractivity contribution in [2.45, 2.75) is 76.2 Å². The van der Waals surface area contributed by atoms with Crippen molar-refractivity contribution >= 4 is 0 Å². The predicted octanol–water partition coefficient (Wildman–Crippen LogP) is 5.78. The molecule has 2 aromatic carbocycles. The third kappa shape index (κ3) is 4.62. The molecular weight excluding hydrogens is 330 g/mol. The number of rotatable bonds is 8. The normalized spacial score (nSPS) is 26.2. The summed E-state index contributed by atoms with van der Waals surface area (Å²) in [6.07, 6.45) is 9.34. The lowest BCUT2D eigenvalue weighted by Gasteiger charge is -2.40. The number of hydrogen-bond acceptors (Lipinski definition) is 2. The number of benzene rings is 2. The Morgan fingerprint density at radius 1 is 0.926 bits per heavy atom. The number of piperidine rings is 1. The molecule has 0 amide bonds. The van der Waals surface area contributed by atoms with Gasteiger partial charge in [0.2, 0.25) is 0 Å². The van der Waals surface area contributed by atoms with Crippen LogP contribution < -0.4 is 0 Å². The molecule has 4 rings (SSSR count). The zero-order valence-corrected chi connectivity index (χ0v) is 16.6. The van der Waals surface area contributed by atoms with Gasteiger partial charge in [0.25, 0.3) is 0 Å². The zero-order chi connectivity index (χ0) is 18.5. The minimum atomic E-state index is 0.250. The lowest BCUT2D eigenvalue weighted by Crippen LogP contribution is -2.46. The summed E-state index contributed by atoms with van der Waals surface area (Å²) < 4.78 is 6.60. The highest BCUT2D eigenvalue weighted by Crippen LogP contribution is 2.39. The maximum atomic E-state index is 6.60. The van der Waals surface area contributed by atoms with Crippen LogP contribution in [0.4, 0.5) is 0 Å². The fourth-order valence-corrected chi connectivity index (χ4v) is 5.12. The minimum Gasteiger partial charge on any atom is -0.370 e. The highest BCUT2D eigenvalue weighted by molar-refractivity contribution is 5.17. The van der Waals surface area contributed by atoms with Crippen molar-refractivity contribution in [1.29, 1.82) is 0 Å². The first-order chi connectivity index (χ1) is 13.3. The van der Waals surface area contributed by atoms with Crippen LogP contribution >= 0.6 is 0 Å². The summed E-state index contributed by atoms with van der Waals surface area (Å²) in [7, 11) is 0. The van der Waals surface area contributed by atoms with Crippen LogP contribution in [0.3, 0.4) is 0 Å². The molecule has 0 aliphatic carbocycles. The summed E-state index contributed by atoms with van der Waals surface area (Å²) in [6, 6.07) is 23.1. The average Bonchev–Trinajstić information content (AvgIpc) is 2.96. The molecule has 2 aliphatic heterocycles. The Bertz CT molecular complexity index is 672. The van der Waals surface area contributed by atoms with Gasteiger partial charge in [-0.2, -0.15) is 0 Å². The Balaban J connectivity index is 1.29. The average molecular weight is 364 g/mol. The molecule has 2 unspecified atom stereocenters. The molecule has 0 aromatic heterocycles. The first-order valence-corrected chi connectivity index (χ1v) is 10.8. The van der Waals surface area contributed by atoms with Crippen LogP contribution in [0, 0.1) is 0 Å². The second-order valence-corrected chi connectivity index (χ2v) is 8.25. The molecule has 27 heavy (non-hydrogen) atoms. The van der Waals surface area contributed by atoms with Crippen LogP contribution in [0.15, 0.2) is 60.7 Å². The highest BCUT2D eigenvalue weighted by atomic mass is 16.5. The van der Waals surface area contributed by atoms with Crippen LogP contribution in [0.25, 0.3) is 0 Å². The SMILES string of the molecule is CCC(OC1C[C@H]2CC[C@@H](C1)N2CCCc1ccccc1)c1ccccc1. The van der Waals surface area contributed by atoms with Crippen molar-refractivity contribution in [3.63, 3.8) is 0 Å². The van der Waals surface area contributed by atoms with Gasteiger partial charge < -0.3 is 4.74 Å². The molecule has 2 aliphatic rings. The molecule has 2 heterocycles. The Morgan fingerprint density at radius 2 is 1.56 bits per heavy atom. The van der Waals surface area contributed by atoms with Crippen molar-refractivity contribution < 1.29 is 4.74 Å². The lowest BCUT2D eigenvalue weighted by molar-refractivity contribution is -0.0637. The summed E-state index contributed by atoms with van der Waals surface area (Å²) in [5.74, 6) is 0. The summed E-state index contributed by atoms with van der Waals surface area (Å²) in [5.41, 5.74) is 2.80. The third-order valence-electron chi connectivity index (χ3n) is 6.46. The Labute approximate surface area is 164 Å². The van der Waals surface area contributed by atoms with Gasteiger partial charge in [0, 0.05) is 12.1 Å². The Hall–Kier alpha value is -1.64. The van der Waals surface area contributed by atoms with E-state index in [4.69, 9.17) is 4.74 Å². The number of hydrogen-bond donors (Lipinski definition) is 0. The molecule has 4 atom stereocenters. The van der Waals surface area contributed by atoms with Crippen molar-refractivity contribution in [3.05, 3.63) is 71.8 Å². The Morgan fingerprint density at radius 3 is 2.19 bits per heavy atom. The third-order valence-corrected chi connectivity index (χ3v) is 6.46. The molecule has 0 spiro atoms. The van der Waals surface area contributed by atoms with E-state index in [2.05, 4.69) is 72.5 Å².